The summed E-state index contributed by atoms with van der Waals surface area (Å²) in [4.78, 5) is 2.50. The van der Waals surface area contributed by atoms with Gasteiger partial charge in [0.15, 0.2) is 0 Å². The van der Waals surface area contributed by atoms with Crippen LogP contribution < -0.4 is 4.90 Å². The first-order valence-electron chi connectivity index (χ1n) is 24.5. The quantitative estimate of drug-likeness (QED) is 0.166. The number of nitrogens with zero attached hydrogens (tertiary/aromatic N) is 1. The van der Waals surface area contributed by atoms with Crippen molar-refractivity contribution in [2.24, 2.45) is 0 Å². The number of rotatable bonds is 5. The van der Waals surface area contributed by atoms with Crippen molar-refractivity contribution in [1.82, 2.24) is 0 Å². The normalized spacial score (nSPS) is 18.2. The molecule has 0 bridgehead atoms. The number of para-hydroxylation sites is 1. The molecule has 0 heterocycles. The van der Waals surface area contributed by atoms with Gasteiger partial charge in [0.05, 0.1) is 10.8 Å². The molecule has 9 aromatic rings. The van der Waals surface area contributed by atoms with E-state index in [4.69, 9.17) is 0 Å². The predicted octanol–water partition coefficient (Wildman–Crippen LogP) is 17.1. The van der Waals surface area contributed by atoms with Gasteiger partial charge in [-0.05, 0) is 136 Å². The van der Waals surface area contributed by atoms with E-state index in [1.807, 2.05) is 0 Å². The maximum atomic E-state index is 2.57. The van der Waals surface area contributed by atoms with Crippen LogP contribution in [0.25, 0.3) is 22.3 Å². The average molecular weight is 878 g/mol. The van der Waals surface area contributed by atoms with Crippen LogP contribution in [0.4, 0.5) is 17.1 Å². The highest BCUT2D eigenvalue weighted by Crippen LogP contribution is 2.64. The van der Waals surface area contributed by atoms with Gasteiger partial charge < -0.3 is 4.90 Å². The van der Waals surface area contributed by atoms with Gasteiger partial charge in [0.25, 0.3) is 0 Å². The zero-order valence-corrected chi connectivity index (χ0v) is 40.7. The fourth-order valence-electron chi connectivity index (χ4n) is 12.6. The van der Waals surface area contributed by atoms with Crippen molar-refractivity contribution in [2.75, 3.05) is 4.90 Å². The summed E-state index contributed by atoms with van der Waals surface area (Å²) >= 11 is 0. The van der Waals surface area contributed by atoms with E-state index >= 15 is 0 Å². The summed E-state index contributed by atoms with van der Waals surface area (Å²) in [7, 11) is 0. The molecule has 0 radical (unpaired) electrons. The van der Waals surface area contributed by atoms with Crippen LogP contribution in [0.2, 0.25) is 0 Å². The van der Waals surface area contributed by atoms with Crippen LogP contribution in [-0.4, -0.2) is 0 Å². The lowest BCUT2D eigenvalue weighted by atomic mass is 9.55. The molecule has 9 aromatic carbocycles. The molecule has 0 fully saturated rings. The van der Waals surface area contributed by atoms with Crippen molar-refractivity contribution in [3.8, 4) is 22.3 Å². The van der Waals surface area contributed by atoms with Gasteiger partial charge >= 0.3 is 0 Å². The Hall–Kier alpha value is -7.22. The Morgan fingerprint density at radius 2 is 0.721 bits per heavy atom. The zero-order chi connectivity index (χ0) is 46.8. The van der Waals surface area contributed by atoms with Crippen LogP contribution in [0, 0.1) is 0 Å². The van der Waals surface area contributed by atoms with Crippen LogP contribution in [0.1, 0.15) is 122 Å². The van der Waals surface area contributed by atoms with Crippen LogP contribution in [0.15, 0.2) is 212 Å². The van der Waals surface area contributed by atoms with E-state index in [1.54, 1.807) is 0 Å². The van der Waals surface area contributed by atoms with Gasteiger partial charge in [-0.15, -0.1) is 0 Å². The highest BCUT2D eigenvalue weighted by atomic mass is 15.1. The molecule has 0 amide bonds. The first kappa shape index (κ1) is 42.2. The molecule has 1 heteroatoms. The van der Waals surface area contributed by atoms with E-state index in [-0.39, 0.29) is 16.2 Å². The molecule has 2 unspecified atom stereocenters. The molecule has 1 nitrogen and oxygen atoms in total. The zero-order valence-electron chi connectivity index (χ0n) is 40.7. The van der Waals surface area contributed by atoms with E-state index in [9.17, 15) is 0 Å². The first-order valence-corrected chi connectivity index (χ1v) is 24.5. The molecule has 12 rings (SSSR count). The second-order valence-corrected chi connectivity index (χ2v) is 22.1. The van der Waals surface area contributed by atoms with Gasteiger partial charge in [-0.25, -0.2) is 0 Å². The van der Waals surface area contributed by atoms with E-state index < -0.39 is 10.8 Å². The summed E-state index contributed by atoms with van der Waals surface area (Å²) in [6.07, 6.45) is 0. The lowest BCUT2D eigenvalue weighted by Crippen LogP contribution is -2.41. The molecular formula is C67H59N. The fraction of sp³-hybridized carbons (Fsp3) is 0.194. The smallest absolute Gasteiger partial charge is 0.0720 e. The van der Waals surface area contributed by atoms with Gasteiger partial charge in [0.2, 0.25) is 0 Å². The van der Waals surface area contributed by atoms with E-state index in [0.29, 0.717) is 0 Å². The second kappa shape index (κ2) is 14.9. The third-order valence-corrected chi connectivity index (χ3v) is 15.9. The van der Waals surface area contributed by atoms with Crippen molar-refractivity contribution < 1.29 is 0 Å². The summed E-state index contributed by atoms with van der Waals surface area (Å²) in [5.74, 6) is 0. The van der Waals surface area contributed by atoms with Crippen LogP contribution in [0.3, 0.4) is 0 Å². The van der Waals surface area contributed by atoms with Gasteiger partial charge in [-0.1, -0.05) is 231 Å². The van der Waals surface area contributed by atoms with Gasteiger partial charge in [0, 0.05) is 22.5 Å². The monoisotopic (exact) mass is 877 g/mol. The molecule has 1 spiro atoms. The minimum atomic E-state index is -0.543. The van der Waals surface area contributed by atoms with Crippen molar-refractivity contribution in [1.29, 1.82) is 0 Å². The summed E-state index contributed by atoms with van der Waals surface area (Å²) in [6.45, 7) is 18.8. The molecule has 0 N–H and O–H groups in total. The third kappa shape index (κ3) is 5.87. The Balaban J connectivity index is 1.14. The van der Waals surface area contributed by atoms with Crippen molar-refractivity contribution >= 4 is 17.1 Å². The fourth-order valence-corrected chi connectivity index (χ4v) is 12.6. The second-order valence-electron chi connectivity index (χ2n) is 22.1. The molecule has 3 aliphatic rings. The Labute approximate surface area is 403 Å². The molecule has 68 heavy (non-hydrogen) atoms. The minimum absolute atomic E-state index is 0.0267. The minimum Gasteiger partial charge on any atom is -0.310 e. The third-order valence-electron chi connectivity index (χ3n) is 15.9. The standard InChI is InChI=1S/C67H59N/c1-63(2,3)44-31-33-46(34-32-44)66(45-21-11-9-12-22-45)55-27-17-15-25-51(55)53-38-36-49(42-60(53)66)68(48-23-13-10-14-24-48)50-37-39-54-52-26-16-18-28-56(52)67(61(54)43-50)59-30-20-19-29-57(59)65(7,8)58-40-35-47(41-62(58)67)64(4,5)6/h9-43H,1-8H3. The van der Waals surface area contributed by atoms with Crippen molar-refractivity contribution in [2.45, 2.75) is 82.5 Å². The highest BCUT2D eigenvalue weighted by Gasteiger charge is 2.54. The molecule has 3 aliphatic carbocycles. The van der Waals surface area contributed by atoms with Gasteiger partial charge in [-0.3, -0.25) is 0 Å². The summed E-state index contributed by atoms with van der Waals surface area (Å²) in [5, 5.41) is 0. The molecule has 0 aromatic heterocycles. The lowest BCUT2D eigenvalue weighted by Gasteiger charge is -2.47. The molecule has 2 atom stereocenters. The molecule has 0 saturated heterocycles. The van der Waals surface area contributed by atoms with Crippen molar-refractivity contribution in [3.05, 3.63) is 279 Å². The Morgan fingerprint density at radius 1 is 0.294 bits per heavy atom. The SMILES string of the molecule is CC(C)(C)c1ccc(C2(c3ccccc3)c3ccccc3-c3ccc(N(c4ccccc4)c4ccc5c(c4)C4(c6ccccc6-5)c5ccccc5C(C)(C)c5ccc(C(C)(C)C)cc54)cc32)cc1. The average Bonchev–Trinajstić information content (AvgIpc) is 3.81. The van der Waals surface area contributed by atoms with E-state index in [1.165, 1.54) is 89.0 Å². The topological polar surface area (TPSA) is 3.24 Å². The van der Waals surface area contributed by atoms with Crippen LogP contribution in [-0.2, 0) is 27.1 Å². The first-order chi connectivity index (χ1) is 32.7. The Kier molecular flexibility index (Phi) is 9.23. The number of anilines is 3. The van der Waals surface area contributed by atoms with E-state index in [2.05, 4.69) is 273 Å². The Morgan fingerprint density at radius 3 is 1.29 bits per heavy atom. The number of benzene rings is 9. The summed E-state index contributed by atoms with van der Waals surface area (Å²) in [5.41, 5.74) is 23.3. The number of fused-ring (bicyclic) bond motifs is 12. The molecule has 332 valence electrons. The predicted molar refractivity (Wildman–Crippen MR) is 285 cm³/mol. The number of hydrogen-bond acceptors (Lipinski definition) is 1. The maximum Gasteiger partial charge on any atom is 0.0720 e. The van der Waals surface area contributed by atoms with Crippen LogP contribution in [0.5, 0.6) is 0 Å². The maximum absolute atomic E-state index is 2.57. The molecular weight excluding hydrogens is 819 g/mol. The number of hydrogen-bond donors (Lipinski definition) is 0. The van der Waals surface area contributed by atoms with Gasteiger partial charge in [0.1, 0.15) is 0 Å². The highest BCUT2D eigenvalue weighted by molar-refractivity contribution is 5.93. The van der Waals surface area contributed by atoms with Gasteiger partial charge in [-0.2, -0.15) is 0 Å². The van der Waals surface area contributed by atoms with Crippen molar-refractivity contribution in [3.63, 3.8) is 0 Å². The largest absolute Gasteiger partial charge is 0.310 e. The summed E-state index contributed by atoms with van der Waals surface area (Å²) < 4.78 is 0. The van der Waals surface area contributed by atoms with E-state index in [0.717, 1.165) is 17.1 Å². The van der Waals surface area contributed by atoms with Crippen LogP contribution >= 0.6 is 0 Å². The Bertz CT molecular complexity index is 3430. The summed E-state index contributed by atoms with van der Waals surface area (Å²) in [6, 6.07) is 81.3. The molecule has 0 aliphatic heterocycles. The molecule has 0 saturated carbocycles. The lowest BCUT2D eigenvalue weighted by molar-refractivity contribution is 0.551.